The van der Waals surface area contributed by atoms with E-state index in [2.05, 4.69) is 4.98 Å². The zero-order chi connectivity index (χ0) is 13.9. The van der Waals surface area contributed by atoms with Crippen molar-refractivity contribution in [2.75, 3.05) is 13.2 Å². The first-order chi connectivity index (χ1) is 9.78. The quantitative estimate of drug-likeness (QED) is 0.856. The minimum atomic E-state index is -0.0842. The van der Waals surface area contributed by atoms with Gasteiger partial charge in [0.25, 0.3) is 0 Å². The summed E-state index contributed by atoms with van der Waals surface area (Å²) in [7, 11) is 0. The van der Waals surface area contributed by atoms with E-state index in [1.54, 1.807) is 36.5 Å². The number of pyridine rings is 1. The average Bonchev–Trinajstić information content (AvgIpc) is 2.53. The highest BCUT2D eigenvalue weighted by molar-refractivity contribution is 6.09. The van der Waals surface area contributed by atoms with Crippen LogP contribution < -0.4 is 15.2 Å². The van der Waals surface area contributed by atoms with Gasteiger partial charge in [0.2, 0.25) is 0 Å². The van der Waals surface area contributed by atoms with Gasteiger partial charge in [-0.1, -0.05) is 0 Å². The first-order valence-corrected chi connectivity index (χ1v) is 6.37. The van der Waals surface area contributed by atoms with Crippen LogP contribution in [0, 0.1) is 0 Å². The Bertz CT molecular complexity index is 655. The fourth-order valence-electron chi connectivity index (χ4n) is 2.08. The van der Waals surface area contributed by atoms with Crippen LogP contribution in [0.2, 0.25) is 0 Å². The van der Waals surface area contributed by atoms with Gasteiger partial charge in [-0.05, 0) is 30.3 Å². The summed E-state index contributed by atoms with van der Waals surface area (Å²) < 4.78 is 10.9. The lowest BCUT2D eigenvalue weighted by Crippen LogP contribution is -2.16. The minimum absolute atomic E-state index is 0.0842. The number of ketones is 1. The number of hydrogen-bond acceptors (Lipinski definition) is 5. The molecule has 0 saturated heterocycles. The molecule has 0 spiro atoms. The fourth-order valence-corrected chi connectivity index (χ4v) is 2.08. The molecule has 2 aromatic rings. The van der Waals surface area contributed by atoms with Crippen LogP contribution in [-0.2, 0) is 6.54 Å². The van der Waals surface area contributed by atoms with E-state index in [1.807, 2.05) is 0 Å². The molecule has 0 fully saturated rings. The molecular formula is C15H14N2O3. The lowest BCUT2D eigenvalue weighted by atomic mass is 10.0. The molecule has 0 saturated carbocycles. The zero-order valence-electron chi connectivity index (χ0n) is 10.8. The highest BCUT2D eigenvalue weighted by atomic mass is 16.6. The van der Waals surface area contributed by atoms with E-state index in [9.17, 15) is 4.79 Å². The van der Waals surface area contributed by atoms with Crippen molar-refractivity contribution in [3.8, 4) is 11.5 Å². The molecule has 0 bridgehead atoms. The van der Waals surface area contributed by atoms with Crippen LogP contribution >= 0.6 is 0 Å². The van der Waals surface area contributed by atoms with Gasteiger partial charge in [-0.2, -0.15) is 0 Å². The number of ether oxygens (including phenoxy) is 2. The van der Waals surface area contributed by atoms with E-state index in [-0.39, 0.29) is 5.78 Å². The predicted octanol–water partition coefficient (Wildman–Crippen LogP) is 1.54. The second kappa shape index (κ2) is 5.30. The molecule has 0 aliphatic carbocycles. The molecule has 5 heteroatoms. The van der Waals surface area contributed by atoms with Crippen LogP contribution in [-0.4, -0.2) is 24.0 Å². The smallest absolute Gasteiger partial charge is 0.193 e. The summed E-state index contributed by atoms with van der Waals surface area (Å²) >= 11 is 0. The molecule has 1 aliphatic rings. The van der Waals surface area contributed by atoms with Gasteiger partial charge < -0.3 is 15.2 Å². The number of fused-ring (bicyclic) bond motifs is 1. The van der Waals surface area contributed by atoms with Gasteiger partial charge >= 0.3 is 0 Å². The average molecular weight is 270 g/mol. The number of aromatic nitrogens is 1. The second-order valence-electron chi connectivity index (χ2n) is 4.43. The molecule has 0 unspecified atom stereocenters. The van der Waals surface area contributed by atoms with E-state index in [1.165, 1.54) is 0 Å². The Balaban J connectivity index is 1.93. The largest absolute Gasteiger partial charge is 0.486 e. The maximum Gasteiger partial charge on any atom is 0.193 e. The van der Waals surface area contributed by atoms with Gasteiger partial charge in [-0.25, -0.2) is 0 Å². The van der Waals surface area contributed by atoms with Crippen LogP contribution in [0.4, 0.5) is 0 Å². The van der Waals surface area contributed by atoms with E-state index in [0.29, 0.717) is 48.1 Å². The Kier molecular flexibility index (Phi) is 3.35. The molecular weight excluding hydrogens is 256 g/mol. The van der Waals surface area contributed by atoms with Crippen molar-refractivity contribution >= 4 is 5.78 Å². The third-order valence-corrected chi connectivity index (χ3v) is 3.09. The Labute approximate surface area is 116 Å². The Morgan fingerprint density at radius 1 is 1.10 bits per heavy atom. The summed E-state index contributed by atoms with van der Waals surface area (Å²) in [6, 6.07) is 8.59. The van der Waals surface area contributed by atoms with Gasteiger partial charge in [-0.3, -0.25) is 9.78 Å². The number of nitrogens with zero attached hydrogens (tertiary/aromatic N) is 1. The lowest BCUT2D eigenvalue weighted by Gasteiger charge is -2.18. The Morgan fingerprint density at radius 3 is 2.65 bits per heavy atom. The summed E-state index contributed by atoms with van der Waals surface area (Å²) in [5.41, 5.74) is 7.35. The summed E-state index contributed by atoms with van der Waals surface area (Å²) in [6.07, 6.45) is 1.59. The van der Waals surface area contributed by atoms with Crippen LogP contribution in [0.5, 0.6) is 11.5 Å². The van der Waals surface area contributed by atoms with E-state index in [0.717, 1.165) is 0 Å². The Hall–Kier alpha value is -2.40. The molecule has 20 heavy (non-hydrogen) atoms. The van der Waals surface area contributed by atoms with Crippen molar-refractivity contribution in [3.05, 3.63) is 53.3 Å². The molecule has 3 rings (SSSR count). The molecule has 0 radical (unpaired) electrons. The summed E-state index contributed by atoms with van der Waals surface area (Å²) in [5, 5.41) is 0. The van der Waals surface area contributed by atoms with E-state index >= 15 is 0 Å². The molecule has 2 N–H and O–H groups in total. The summed E-state index contributed by atoms with van der Waals surface area (Å²) in [5.74, 6) is 1.19. The number of rotatable bonds is 3. The standard InChI is InChI=1S/C15H14N2O3/c16-9-12-7-11(3-4-17-12)15(18)10-1-2-13-14(8-10)20-6-5-19-13/h1-4,7-8H,5-6,9,16H2. The molecule has 2 heterocycles. The fraction of sp³-hybridized carbons (Fsp3) is 0.200. The molecule has 1 aliphatic heterocycles. The van der Waals surface area contributed by atoms with Gasteiger partial charge in [0.15, 0.2) is 17.3 Å². The van der Waals surface area contributed by atoms with Gasteiger partial charge in [0.1, 0.15) is 13.2 Å². The molecule has 102 valence electrons. The van der Waals surface area contributed by atoms with Gasteiger partial charge in [-0.15, -0.1) is 0 Å². The first kappa shape index (κ1) is 12.6. The number of hydrogen-bond donors (Lipinski definition) is 1. The number of nitrogens with two attached hydrogens (primary N) is 1. The van der Waals surface area contributed by atoms with Crippen molar-refractivity contribution in [2.24, 2.45) is 5.73 Å². The molecule has 1 aromatic heterocycles. The Morgan fingerprint density at radius 2 is 1.85 bits per heavy atom. The van der Waals surface area contributed by atoms with Crippen LogP contribution in [0.1, 0.15) is 21.6 Å². The van der Waals surface area contributed by atoms with Crippen molar-refractivity contribution in [1.82, 2.24) is 4.98 Å². The van der Waals surface area contributed by atoms with Crippen molar-refractivity contribution in [2.45, 2.75) is 6.54 Å². The summed E-state index contributed by atoms with van der Waals surface area (Å²) in [4.78, 5) is 16.5. The predicted molar refractivity (Wildman–Crippen MR) is 73.0 cm³/mol. The van der Waals surface area contributed by atoms with Crippen LogP contribution in [0.15, 0.2) is 36.5 Å². The molecule has 0 amide bonds. The topological polar surface area (TPSA) is 74.4 Å². The van der Waals surface area contributed by atoms with Crippen molar-refractivity contribution in [1.29, 1.82) is 0 Å². The maximum absolute atomic E-state index is 12.4. The first-order valence-electron chi connectivity index (χ1n) is 6.37. The van der Waals surface area contributed by atoms with E-state index < -0.39 is 0 Å². The number of benzene rings is 1. The van der Waals surface area contributed by atoms with E-state index in [4.69, 9.17) is 15.2 Å². The second-order valence-corrected chi connectivity index (χ2v) is 4.43. The zero-order valence-corrected chi connectivity index (χ0v) is 10.8. The van der Waals surface area contributed by atoms with Crippen molar-refractivity contribution < 1.29 is 14.3 Å². The number of carbonyl (C=O) groups is 1. The van der Waals surface area contributed by atoms with Crippen LogP contribution in [0.3, 0.4) is 0 Å². The highest BCUT2D eigenvalue weighted by Crippen LogP contribution is 2.31. The third kappa shape index (κ3) is 2.35. The third-order valence-electron chi connectivity index (χ3n) is 3.09. The van der Waals surface area contributed by atoms with Gasteiger partial charge in [0.05, 0.1) is 5.69 Å². The van der Waals surface area contributed by atoms with Gasteiger partial charge in [0, 0.05) is 23.9 Å². The lowest BCUT2D eigenvalue weighted by molar-refractivity contribution is 0.103. The summed E-state index contributed by atoms with van der Waals surface area (Å²) in [6.45, 7) is 1.34. The SMILES string of the molecule is NCc1cc(C(=O)c2ccc3c(c2)OCCO3)ccn1. The van der Waals surface area contributed by atoms with Crippen LogP contribution in [0.25, 0.3) is 0 Å². The highest BCUT2D eigenvalue weighted by Gasteiger charge is 2.16. The molecule has 0 atom stereocenters. The molecule has 5 nitrogen and oxygen atoms in total. The number of carbonyl (C=O) groups excluding carboxylic acids is 1. The maximum atomic E-state index is 12.4. The monoisotopic (exact) mass is 270 g/mol. The normalized spacial score (nSPS) is 13.1. The minimum Gasteiger partial charge on any atom is -0.486 e. The molecule has 1 aromatic carbocycles. The van der Waals surface area contributed by atoms with Crippen molar-refractivity contribution in [3.63, 3.8) is 0 Å².